The molecule has 1 amide bonds. The van der Waals surface area contributed by atoms with Gasteiger partial charge < -0.3 is 14.7 Å². The Morgan fingerprint density at radius 2 is 1.65 bits per heavy atom. The Hall–Kier alpha value is -1.42. The quantitative estimate of drug-likeness (QED) is 0.646. The van der Waals surface area contributed by atoms with Crippen LogP contribution in [-0.4, -0.2) is 133 Å². The number of rotatable bonds is 6. The van der Waals surface area contributed by atoms with E-state index in [0.717, 1.165) is 45.8 Å². The van der Waals surface area contributed by atoms with Crippen LogP contribution in [0.1, 0.15) is 6.92 Å². The first kappa shape index (κ1) is 19.3. The molecule has 3 aliphatic rings. The maximum absolute atomic E-state index is 12.3. The van der Waals surface area contributed by atoms with Crippen LogP contribution in [0.2, 0.25) is 0 Å². The third-order valence-corrected chi connectivity index (χ3v) is 5.74. The van der Waals surface area contributed by atoms with Crippen LogP contribution >= 0.6 is 0 Å². The van der Waals surface area contributed by atoms with Crippen molar-refractivity contribution in [2.75, 3.05) is 79.0 Å². The Morgan fingerprint density at radius 3 is 2.27 bits per heavy atom. The summed E-state index contributed by atoms with van der Waals surface area (Å²) >= 11 is 0. The third kappa shape index (κ3) is 4.64. The summed E-state index contributed by atoms with van der Waals surface area (Å²) in [5, 5.41) is 8.90. The highest BCUT2D eigenvalue weighted by Crippen LogP contribution is 2.23. The summed E-state index contributed by atoms with van der Waals surface area (Å²) in [6, 6.07) is 0.0148. The van der Waals surface area contributed by atoms with Crippen molar-refractivity contribution in [3.05, 3.63) is 0 Å². The molecule has 3 rings (SSSR count). The lowest BCUT2D eigenvalue weighted by Gasteiger charge is -2.38. The molecule has 0 spiro atoms. The zero-order valence-electron chi connectivity index (χ0n) is 15.8. The number of likely N-dealkylation sites (N-methyl/N-ethyl adjacent to an activating group) is 1. The van der Waals surface area contributed by atoms with Gasteiger partial charge in [0, 0.05) is 65.4 Å². The van der Waals surface area contributed by atoms with Gasteiger partial charge in [-0.1, -0.05) is 0 Å². The van der Waals surface area contributed by atoms with Gasteiger partial charge in [0.1, 0.15) is 0 Å². The minimum Gasteiger partial charge on any atom is -0.480 e. The van der Waals surface area contributed by atoms with Crippen molar-refractivity contribution >= 4 is 12.1 Å². The summed E-state index contributed by atoms with van der Waals surface area (Å²) in [5.41, 5.74) is 0. The molecule has 0 radical (unpaired) electrons. The summed E-state index contributed by atoms with van der Waals surface area (Å²) in [7, 11) is 2.14. The fourth-order valence-corrected chi connectivity index (χ4v) is 3.95. The molecular weight excluding hydrogens is 338 g/mol. The smallest absolute Gasteiger partial charge is 0.411 e. The number of amides is 1. The summed E-state index contributed by atoms with van der Waals surface area (Å²) in [6.45, 7) is 10.8. The van der Waals surface area contributed by atoms with Gasteiger partial charge in [0.05, 0.1) is 12.6 Å². The lowest BCUT2D eigenvalue weighted by Crippen LogP contribution is -2.54. The Labute approximate surface area is 155 Å². The Kier molecular flexibility index (Phi) is 6.33. The van der Waals surface area contributed by atoms with Crippen molar-refractivity contribution in [3.63, 3.8) is 0 Å². The van der Waals surface area contributed by atoms with Crippen molar-refractivity contribution in [2.24, 2.45) is 0 Å². The van der Waals surface area contributed by atoms with E-state index in [1.54, 1.807) is 0 Å². The molecule has 3 aliphatic heterocycles. The fraction of sp³-hybridized carbons (Fsp3) is 0.882. The van der Waals surface area contributed by atoms with Crippen molar-refractivity contribution in [2.45, 2.75) is 19.2 Å². The molecule has 0 aromatic rings. The summed E-state index contributed by atoms with van der Waals surface area (Å²) in [4.78, 5) is 33.8. The molecule has 148 valence electrons. The van der Waals surface area contributed by atoms with E-state index in [1.807, 2.05) is 16.7 Å². The molecule has 3 saturated heterocycles. The van der Waals surface area contributed by atoms with Gasteiger partial charge in [0.2, 0.25) is 0 Å². The van der Waals surface area contributed by atoms with Crippen LogP contribution in [0.3, 0.4) is 0 Å². The average Bonchev–Trinajstić information content (AvgIpc) is 2.89. The first-order chi connectivity index (χ1) is 12.4. The van der Waals surface area contributed by atoms with E-state index in [1.165, 1.54) is 0 Å². The largest absolute Gasteiger partial charge is 0.480 e. The number of carboxylic acid groups (broad SMARTS) is 1. The number of hydrogen-bond acceptors (Lipinski definition) is 7. The molecule has 1 N–H and O–H groups in total. The van der Waals surface area contributed by atoms with Crippen LogP contribution in [0.5, 0.6) is 0 Å². The van der Waals surface area contributed by atoms with Gasteiger partial charge in [-0.25, -0.2) is 4.79 Å². The monoisotopic (exact) mass is 369 g/mol. The molecule has 26 heavy (non-hydrogen) atoms. The number of nitrogens with zero attached hydrogens (tertiary/aromatic N) is 5. The SMILES string of the molecule is CC1C(N2CCN(CC(=O)O)CC2)OC(=O)N1CCN1CCN(C)CC1. The van der Waals surface area contributed by atoms with Gasteiger partial charge in [0.15, 0.2) is 6.23 Å². The topological polar surface area (TPSA) is 79.8 Å². The predicted molar refractivity (Wildman–Crippen MR) is 96.0 cm³/mol. The van der Waals surface area contributed by atoms with E-state index >= 15 is 0 Å². The summed E-state index contributed by atoms with van der Waals surface area (Å²) in [5.74, 6) is -0.797. The number of ether oxygens (including phenoxy) is 1. The Balaban J connectivity index is 1.46. The minimum atomic E-state index is -0.797. The highest BCUT2D eigenvalue weighted by molar-refractivity contribution is 5.70. The molecule has 9 heteroatoms. The molecule has 0 saturated carbocycles. The highest BCUT2D eigenvalue weighted by Gasteiger charge is 2.42. The van der Waals surface area contributed by atoms with E-state index in [9.17, 15) is 9.59 Å². The van der Waals surface area contributed by atoms with Crippen LogP contribution in [0.4, 0.5) is 4.79 Å². The van der Waals surface area contributed by atoms with Gasteiger partial charge in [-0.15, -0.1) is 0 Å². The minimum absolute atomic E-state index is 0.0148. The van der Waals surface area contributed by atoms with Gasteiger partial charge in [-0.2, -0.15) is 0 Å². The molecular formula is C17H31N5O4. The van der Waals surface area contributed by atoms with Gasteiger partial charge in [-0.3, -0.25) is 24.4 Å². The highest BCUT2D eigenvalue weighted by atomic mass is 16.6. The number of aliphatic carboxylic acids is 1. The number of carbonyl (C=O) groups excluding carboxylic acids is 1. The zero-order valence-corrected chi connectivity index (χ0v) is 15.8. The number of carbonyl (C=O) groups is 2. The number of carboxylic acids is 1. The van der Waals surface area contributed by atoms with Crippen LogP contribution in [0.25, 0.3) is 0 Å². The van der Waals surface area contributed by atoms with E-state index in [2.05, 4.69) is 21.7 Å². The van der Waals surface area contributed by atoms with Crippen molar-refractivity contribution in [3.8, 4) is 0 Å². The second-order valence-corrected chi connectivity index (χ2v) is 7.56. The molecule has 0 aromatic heterocycles. The molecule has 2 unspecified atom stereocenters. The number of hydrogen-bond donors (Lipinski definition) is 1. The van der Waals surface area contributed by atoms with Gasteiger partial charge in [-0.05, 0) is 14.0 Å². The molecule has 0 bridgehead atoms. The molecule has 0 aliphatic carbocycles. The van der Waals surface area contributed by atoms with Crippen LogP contribution in [0, 0.1) is 0 Å². The molecule has 2 atom stereocenters. The lowest BCUT2D eigenvalue weighted by molar-refractivity contribution is -0.139. The van der Waals surface area contributed by atoms with E-state index in [-0.39, 0.29) is 24.9 Å². The Bertz CT molecular complexity index is 503. The van der Waals surface area contributed by atoms with Crippen molar-refractivity contribution < 1.29 is 19.4 Å². The standard InChI is InChI=1S/C17H31N5O4/c1-14-16(21-10-7-20(8-11-21)13-15(23)24)26-17(25)22(14)12-9-19-5-3-18(2)4-6-19/h14,16H,3-13H2,1-2H3,(H,23,24). The zero-order chi connectivity index (χ0) is 18.7. The maximum Gasteiger partial charge on any atom is 0.411 e. The summed E-state index contributed by atoms with van der Waals surface area (Å²) in [6.07, 6.45) is -0.466. The van der Waals surface area contributed by atoms with Crippen LogP contribution in [0.15, 0.2) is 0 Å². The average molecular weight is 369 g/mol. The first-order valence-electron chi connectivity index (χ1n) is 9.50. The molecule has 0 aromatic carbocycles. The second-order valence-electron chi connectivity index (χ2n) is 7.56. The predicted octanol–water partition coefficient (Wildman–Crippen LogP) is -0.897. The lowest BCUT2D eigenvalue weighted by atomic mass is 10.2. The molecule has 3 heterocycles. The second kappa shape index (κ2) is 8.51. The van der Waals surface area contributed by atoms with Crippen molar-refractivity contribution in [1.29, 1.82) is 0 Å². The van der Waals surface area contributed by atoms with Gasteiger partial charge in [0.25, 0.3) is 0 Å². The fourth-order valence-electron chi connectivity index (χ4n) is 3.95. The van der Waals surface area contributed by atoms with E-state index < -0.39 is 5.97 Å². The van der Waals surface area contributed by atoms with E-state index in [0.29, 0.717) is 19.6 Å². The Morgan fingerprint density at radius 1 is 1.04 bits per heavy atom. The number of cyclic esters (lactones) is 1. The van der Waals surface area contributed by atoms with Crippen molar-refractivity contribution in [1.82, 2.24) is 24.5 Å². The maximum atomic E-state index is 12.3. The normalized spacial score (nSPS) is 29.9. The van der Waals surface area contributed by atoms with E-state index in [4.69, 9.17) is 9.84 Å². The van der Waals surface area contributed by atoms with Crippen LogP contribution < -0.4 is 0 Å². The first-order valence-corrected chi connectivity index (χ1v) is 9.50. The molecule has 9 nitrogen and oxygen atoms in total. The van der Waals surface area contributed by atoms with Gasteiger partial charge >= 0.3 is 12.1 Å². The summed E-state index contributed by atoms with van der Waals surface area (Å²) < 4.78 is 5.65. The third-order valence-electron chi connectivity index (χ3n) is 5.74. The molecule has 3 fully saturated rings. The van der Waals surface area contributed by atoms with Crippen LogP contribution in [-0.2, 0) is 9.53 Å². The number of piperazine rings is 2.